The smallest absolute Gasteiger partial charge is 0.243 e. The Morgan fingerprint density at radius 2 is 2.04 bits per heavy atom. The molecule has 23 heavy (non-hydrogen) atoms. The number of rotatable bonds is 8. The van der Waals surface area contributed by atoms with Crippen LogP contribution in [0.2, 0.25) is 5.02 Å². The lowest BCUT2D eigenvalue weighted by Crippen LogP contribution is -2.48. The summed E-state index contributed by atoms with van der Waals surface area (Å²) in [4.78, 5) is 12.2. The van der Waals surface area contributed by atoms with Crippen LogP contribution in [0.1, 0.15) is 6.92 Å². The van der Waals surface area contributed by atoms with Gasteiger partial charge in [0.15, 0.2) is 0 Å². The van der Waals surface area contributed by atoms with Crippen LogP contribution in [-0.4, -0.2) is 54.0 Å². The molecule has 7 nitrogen and oxygen atoms in total. The number of methoxy groups -OCH3 is 2. The van der Waals surface area contributed by atoms with E-state index in [-0.39, 0.29) is 10.7 Å². The molecule has 1 aromatic carbocycles. The fraction of sp³-hybridized carbons (Fsp3) is 0.500. The molecule has 1 amide bonds. The Balaban J connectivity index is 3.11. The maximum Gasteiger partial charge on any atom is 0.243 e. The largest absolute Gasteiger partial charge is 0.495 e. The molecular weight excluding hydrogens is 344 g/mol. The number of nitrogens with one attached hydrogen (secondary N) is 1. The van der Waals surface area contributed by atoms with Crippen LogP contribution in [0.3, 0.4) is 0 Å². The second-order valence-corrected chi connectivity index (χ2v) is 7.10. The van der Waals surface area contributed by atoms with Crippen LogP contribution in [-0.2, 0) is 19.6 Å². The fourth-order valence-corrected chi connectivity index (χ4v) is 3.44. The lowest BCUT2D eigenvalue weighted by atomic mass is 10.2. The predicted octanol–water partition coefficient (Wildman–Crippen LogP) is 1.27. The van der Waals surface area contributed by atoms with E-state index in [4.69, 9.17) is 21.1 Å². The lowest BCUT2D eigenvalue weighted by Gasteiger charge is -2.28. The maximum absolute atomic E-state index is 12.2. The molecule has 9 heteroatoms. The molecule has 1 rings (SSSR count). The van der Waals surface area contributed by atoms with Gasteiger partial charge in [-0.15, -0.1) is 0 Å². The molecule has 0 saturated carbocycles. The van der Waals surface area contributed by atoms with E-state index >= 15 is 0 Å². The summed E-state index contributed by atoms with van der Waals surface area (Å²) in [5.74, 6) is -0.0134. The minimum atomic E-state index is -3.69. The van der Waals surface area contributed by atoms with Crippen molar-refractivity contribution in [3.63, 3.8) is 0 Å². The summed E-state index contributed by atoms with van der Waals surface area (Å²) >= 11 is 6.05. The molecule has 0 heterocycles. The first-order chi connectivity index (χ1) is 10.7. The van der Waals surface area contributed by atoms with Gasteiger partial charge in [-0.1, -0.05) is 11.6 Å². The number of halogens is 1. The van der Waals surface area contributed by atoms with Crippen molar-refractivity contribution in [2.75, 3.05) is 37.9 Å². The van der Waals surface area contributed by atoms with Crippen molar-refractivity contribution in [1.82, 2.24) is 5.32 Å². The van der Waals surface area contributed by atoms with Gasteiger partial charge in [0.25, 0.3) is 0 Å². The van der Waals surface area contributed by atoms with Gasteiger partial charge in [-0.25, -0.2) is 8.42 Å². The Labute approximate surface area is 141 Å². The minimum absolute atomic E-state index is 0.255. The summed E-state index contributed by atoms with van der Waals surface area (Å²) in [6.45, 7) is 2.13. The molecule has 1 aromatic rings. The van der Waals surface area contributed by atoms with E-state index in [2.05, 4.69) is 5.32 Å². The van der Waals surface area contributed by atoms with Crippen LogP contribution in [0, 0.1) is 0 Å². The Morgan fingerprint density at radius 3 is 2.52 bits per heavy atom. The highest BCUT2D eigenvalue weighted by atomic mass is 35.5. The first-order valence-corrected chi connectivity index (χ1v) is 9.04. The highest BCUT2D eigenvalue weighted by Gasteiger charge is 2.29. The number of carbonyl (C=O) groups is 1. The van der Waals surface area contributed by atoms with E-state index in [1.807, 2.05) is 0 Å². The van der Waals surface area contributed by atoms with Crippen molar-refractivity contribution in [3.8, 4) is 5.75 Å². The summed E-state index contributed by atoms with van der Waals surface area (Å²) in [7, 11) is -0.716. The minimum Gasteiger partial charge on any atom is -0.495 e. The Kier molecular flexibility index (Phi) is 7.11. The summed E-state index contributed by atoms with van der Waals surface area (Å²) in [6.07, 6.45) is 1.03. The van der Waals surface area contributed by atoms with Crippen molar-refractivity contribution >= 4 is 33.2 Å². The maximum atomic E-state index is 12.2. The van der Waals surface area contributed by atoms with E-state index in [0.717, 1.165) is 10.6 Å². The zero-order chi connectivity index (χ0) is 17.6. The van der Waals surface area contributed by atoms with Crippen LogP contribution < -0.4 is 14.4 Å². The number of sulfonamides is 1. The van der Waals surface area contributed by atoms with Gasteiger partial charge in [-0.2, -0.15) is 0 Å². The number of benzene rings is 1. The molecule has 0 aromatic heterocycles. The third kappa shape index (κ3) is 5.26. The van der Waals surface area contributed by atoms with Gasteiger partial charge in [0.2, 0.25) is 15.9 Å². The molecule has 130 valence electrons. The Bertz CT molecular complexity index is 651. The molecule has 1 N–H and O–H groups in total. The van der Waals surface area contributed by atoms with Crippen LogP contribution in [0.15, 0.2) is 18.2 Å². The average molecular weight is 365 g/mol. The van der Waals surface area contributed by atoms with Crippen LogP contribution >= 0.6 is 11.6 Å². The third-order valence-corrected chi connectivity index (χ3v) is 4.62. The number of nitrogens with zero attached hydrogens (tertiary/aromatic N) is 1. The molecule has 0 aliphatic heterocycles. The van der Waals surface area contributed by atoms with Gasteiger partial charge in [0.1, 0.15) is 11.8 Å². The first-order valence-electron chi connectivity index (χ1n) is 6.82. The normalized spacial score (nSPS) is 12.6. The summed E-state index contributed by atoms with van der Waals surface area (Å²) < 4.78 is 35.1. The number of hydrogen-bond acceptors (Lipinski definition) is 5. The topological polar surface area (TPSA) is 84.9 Å². The molecule has 0 unspecified atom stereocenters. The molecule has 0 radical (unpaired) electrons. The summed E-state index contributed by atoms with van der Waals surface area (Å²) in [5.41, 5.74) is 0.285. The highest BCUT2D eigenvalue weighted by Crippen LogP contribution is 2.31. The zero-order valence-electron chi connectivity index (χ0n) is 13.5. The van der Waals surface area contributed by atoms with E-state index in [1.54, 1.807) is 6.07 Å². The van der Waals surface area contributed by atoms with Crippen LogP contribution in [0.4, 0.5) is 5.69 Å². The Morgan fingerprint density at radius 1 is 1.39 bits per heavy atom. The molecule has 1 atom stereocenters. The second-order valence-electron chi connectivity index (χ2n) is 4.84. The number of hydrogen-bond donors (Lipinski definition) is 1. The molecule has 0 saturated heterocycles. The molecule has 0 bridgehead atoms. The Hall–Kier alpha value is -1.51. The number of carbonyl (C=O) groups excluding carboxylic acids is 1. The average Bonchev–Trinajstić information content (AvgIpc) is 2.46. The third-order valence-electron chi connectivity index (χ3n) is 3.08. The van der Waals surface area contributed by atoms with Gasteiger partial charge in [-0.3, -0.25) is 9.10 Å². The first kappa shape index (κ1) is 19.5. The van der Waals surface area contributed by atoms with E-state index in [0.29, 0.717) is 18.9 Å². The summed E-state index contributed by atoms with van der Waals surface area (Å²) in [5, 5.41) is 2.87. The van der Waals surface area contributed by atoms with Gasteiger partial charge < -0.3 is 14.8 Å². The van der Waals surface area contributed by atoms with Crippen LogP contribution in [0.5, 0.6) is 5.75 Å². The van der Waals surface area contributed by atoms with Gasteiger partial charge in [0.05, 0.1) is 30.7 Å². The van der Waals surface area contributed by atoms with Crippen molar-refractivity contribution in [1.29, 1.82) is 0 Å². The molecule has 0 aliphatic rings. The summed E-state index contributed by atoms with van der Waals surface area (Å²) in [6, 6.07) is 3.59. The standard InChI is InChI=1S/C14H21ClN2O5S/c1-10(14(18)16-7-8-21-2)17(23(4,19)20)11-5-6-13(22-3)12(15)9-11/h5-6,9-10H,7-8H2,1-4H3,(H,16,18)/t10-/m0/s1. The zero-order valence-corrected chi connectivity index (χ0v) is 15.1. The van der Waals surface area contributed by atoms with Crippen molar-refractivity contribution in [3.05, 3.63) is 23.2 Å². The molecule has 0 spiro atoms. The molecule has 0 aliphatic carbocycles. The number of ether oxygens (including phenoxy) is 2. The van der Waals surface area contributed by atoms with Crippen molar-refractivity contribution in [2.24, 2.45) is 0 Å². The highest BCUT2D eigenvalue weighted by molar-refractivity contribution is 7.92. The van der Waals surface area contributed by atoms with Crippen molar-refractivity contribution in [2.45, 2.75) is 13.0 Å². The monoisotopic (exact) mass is 364 g/mol. The number of amides is 1. The lowest BCUT2D eigenvalue weighted by molar-refractivity contribution is -0.122. The van der Waals surface area contributed by atoms with E-state index in [9.17, 15) is 13.2 Å². The number of anilines is 1. The predicted molar refractivity (Wildman–Crippen MR) is 89.7 cm³/mol. The fourth-order valence-electron chi connectivity index (χ4n) is 2.03. The molecule has 0 fully saturated rings. The molecular formula is C14H21ClN2O5S. The van der Waals surface area contributed by atoms with Gasteiger partial charge in [0, 0.05) is 13.7 Å². The van der Waals surface area contributed by atoms with Crippen molar-refractivity contribution < 1.29 is 22.7 Å². The van der Waals surface area contributed by atoms with Gasteiger partial charge in [-0.05, 0) is 25.1 Å². The van der Waals surface area contributed by atoms with Crippen LogP contribution in [0.25, 0.3) is 0 Å². The van der Waals surface area contributed by atoms with Gasteiger partial charge >= 0.3 is 0 Å². The van der Waals surface area contributed by atoms with E-state index < -0.39 is 22.0 Å². The second kappa shape index (κ2) is 8.37. The quantitative estimate of drug-likeness (QED) is 0.702. The SMILES string of the molecule is COCCNC(=O)[C@H](C)N(c1ccc(OC)c(Cl)c1)S(C)(=O)=O. The van der Waals surface area contributed by atoms with E-state index in [1.165, 1.54) is 33.3 Å².